The highest BCUT2D eigenvalue weighted by Gasteiger charge is 2.39. The molecule has 2 atom stereocenters. The van der Waals surface area contributed by atoms with Crippen molar-refractivity contribution in [3.63, 3.8) is 0 Å². The van der Waals surface area contributed by atoms with Crippen LogP contribution < -0.4 is 20.5 Å². The van der Waals surface area contributed by atoms with Crippen molar-refractivity contribution in [2.45, 2.75) is 83.3 Å². The summed E-state index contributed by atoms with van der Waals surface area (Å²) in [7, 11) is 3.27. The lowest BCUT2D eigenvalue weighted by Gasteiger charge is -2.34. The van der Waals surface area contributed by atoms with Crippen molar-refractivity contribution < 1.29 is 23.8 Å². The number of hydrogen-bond donors (Lipinski definition) is 2. The van der Waals surface area contributed by atoms with Gasteiger partial charge in [0.05, 0.1) is 13.7 Å². The molecule has 2 unspecified atom stereocenters. The number of nitrogens with two attached hydrogens (primary N) is 1. The van der Waals surface area contributed by atoms with Crippen LogP contribution in [0.5, 0.6) is 11.5 Å². The molecular weight excluding hydrogens is 520 g/mol. The zero-order chi connectivity index (χ0) is 29.4. The predicted octanol–water partition coefficient (Wildman–Crippen LogP) is 3.70. The van der Waals surface area contributed by atoms with Crippen LogP contribution in [-0.2, 0) is 9.53 Å². The molecule has 230 valence electrons. The summed E-state index contributed by atoms with van der Waals surface area (Å²) >= 11 is 0. The standard InChI is InChI=1S/C32H52N4O5/c1-22(2)35(32(38)24-8-13-29(40-4)30(17-24)41-15-5-14-39-3)20-25-18-34-19-26(25)21-36(28-11-12-28)31(37)16-23-6-9-27(33)10-7-23/h8,13,17,22-23,25-28,34H,5-7,9-12,14-16,18-21,33H2,1-4H3. The fraction of sp³-hybridized carbons (Fsp3) is 0.750. The molecule has 0 radical (unpaired) electrons. The van der Waals surface area contributed by atoms with Crippen LogP contribution in [0.25, 0.3) is 0 Å². The largest absolute Gasteiger partial charge is 0.493 e. The van der Waals surface area contributed by atoms with E-state index in [0.717, 1.165) is 64.6 Å². The number of ether oxygens (including phenoxy) is 3. The number of hydrogen-bond acceptors (Lipinski definition) is 7. The Labute approximate surface area is 246 Å². The van der Waals surface area contributed by atoms with E-state index in [1.165, 1.54) is 0 Å². The van der Waals surface area contributed by atoms with Gasteiger partial charge in [0, 0.05) is 76.4 Å². The van der Waals surface area contributed by atoms with Crippen molar-refractivity contribution in [3.05, 3.63) is 23.8 Å². The number of benzene rings is 1. The van der Waals surface area contributed by atoms with Crippen LogP contribution in [0.15, 0.2) is 18.2 Å². The van der Waals surface area contributed by atoms with E-state index in [1.54, 1.807) is 26.4 Å². The molecule has 3 fully saturated rings. The average molecular weight is 573 g/mol. The van der Waals surface area contributed by atoms with Crippen molar-refractivity contribution in [1.29, 1.82) is 0 Å². The fourth-order valence-electron chi connectivity index (χ4n) is 6.32. The zero-order valence-electron chi connectivity index (χ0n) is 25.6. The van der Waals surface area contributed by atoms with E-state index >= 15 is 0 Å². The van der Waals surface area contributed by atoms with Crippen molar-refractivity contribution in [2.75, 3.05) is 53.6 Å². The fourth-order valence-corrected chi connectivity index (χ4v) is 6.32. The topological polar surface area (TPSA) is 106 Å². The van der Waals surface area contributed by atoms with Gasteiger partial charge in [-0.05, 0) is 88.3 Å². The Morgan fingerprint density at radius 3 is 2.32 bits per heavy atom. The van der Waals surface area contributed by atoms with Crippen molar-refractivity contribution in [3.8, 4) is 11.5 Å². The Morgan fingerprint density at radius 1 is 0.976 bits per heavy atom. The smallest absolute Gasteiger partial charge is 0.254 e. The Hall–Kier alpha value is -2.36. The molecule has 1 aromatic carbocycles. The number of amides is 2. The Morgan fingerprint density at radius 2 is 1.68 bits per heavy atom. The summed E-state index contributed by atoms with van der Waals surface area (Å²) in [5, 5.41) is 3.56. The number of rotatable bonds is 15. The number of nitrogens with zero attached hydrogens (tertiary/aromatic N) is 2. The lowest BCUT2D eigenvalue weighted by molar-refractivity contribution is -0.133. The van der Waals surface area contributed by atoms with Crippen LogP contribution in [0.2, 0.25) is 0 Å². The molecule has 0 aromatic heterocycles. The maximum Gasteiger partial charge on any atom is 0.254 e. The van der Waals surface area contributed by atoms with Crippen LogP contribution in [0.3, 0.4) is 0 Å². The van der Waals surface area contributed by atoms with Gasteiger partial charge in [-0.25, -0.2) is 0 Å². The third-order valence-corrected chi connectivity index (χ3v) is 9.05. The van der Waals surface area contributed by atoms with E-state index < -0.39 is 0 Å². The maximum absolute atomic E-state index is 13.8. The average Bonchev–Trinajstić information content (AvgIpc) is 3.71. The summed E-state index contributed by atoms with van der Waals surface area (Å²) in [6, 6.07) is 6.13. The quantitative estimate of drug-likeness (QED) is 0.309. The summed E-state index contributed by atoms with van der Waals surface area (Å²) in [4.78, 5) is 31.4. The molecule has 1 aromatic rings. The van der Waals surface area contributed by atoms with Crippen LogP contribution >= 0.6 is 0 Å². The highest BCUT2D eigenvalue weighted by atomic mass is 16.5. The lowest BCUT2D eigenvalue weighted by Crippen LogP contribution is -2.45. The molecule has 9 nitrogen and oxygen atoms in total. The second kappa shape index (κ2) is 15.2. The summed E-state index contributed by atoms with van der Waals surface area (Å²) in [6.45, 7) is 8.38. The highest BCUT2D eigenvalue weighted by Crippen LogP contribution is 2.34. The summed E-state index contributed by atoms with van der Waals surface area (Å²) in [5.41, 5.74) is 6.68. The summed E-state index contributed by atoms with van der Waals surface area (Å²) < 4.78 is 16.5. The molecule has 0 bridgehead atoms. The molecule has 1 saturated heterocycles. The SMILES string of the molecule is COCCCOc1cc(C(=O)N(CC2CNCC2CN(C(=O)CC2CCC(N)CC2)C2CC2)C(C)C)ccc1OC. The number of carbonyl (C=O) groups is 2. The van der Waals surface area contributed by atoms with E-state index in [-0.39, 0.29) is 17.9 Å². The molecule has 1 heterocycles. The van der Waals surface area contributed by atoms with Gasteiger partial charge in [0.2, 0.25) is 5.91 Å². The lowest BCUT2D eigenvalue weighted by atomic mass is 9.84. The third-order valence-electron chi connectivity index (χ3n) is 9.05. The summed E-state index contributed by atoms with van der Waals surface area (Å²) in [5.74, 6) is 2.55. The normalized spacial score (nSPS) is 24.3. The first-order chi connectivity index (χ1) is 19.8. The first-order valence-electron chi connectivity index (χ1n) is 15.7. The van der Waals surface area contributed by atoms with E-state index in [1.807, 2.05) is 11.0 Å². The van der Waals surface area contributed by atoms with Crippen LogP contribution in [0.4, 0.5) is 0 Å². The monoisotopic (exact) mass is 572 g/mol. The van der Waals surface area contributed by atoms with Gasteiger partial charge in [-0.1, -0.05) is 0 Å². The molecule has 3 aliphatic rings. The molecule has 2 saturated carbocycles. The van der Waals surface area contributed by atoms with Crippen molar-refractivity contribution >= 4 is 11.8 Å². The Bertz CT molecular complexity index is 992. The molecule has 1 aliphatic heterocycles. The van der Waals surface area contributed by atoms with Gasteiger partial charge in [0.15, 0.2) is 11.5 Å². The van der Waals surface area contributed by atoms with Gasteiger partial charge in [0.25, 0.3) is 5.91 Å². The van der Waals surface area contributed by atoms with Crippen LogP contribution in [-0.4, -0.2) is 93.4 Å². The number of carbonyl (C=O) groups excluding carboxylic acids is 2. The molecule has 41 heavy (non-hydrogen) atoms. The van der Waals surface area contributed by atoms with Crippen LogP contribution in [0.1, 0.15) is 75.6 Å². The first-order valence-corrected chi connectivity index (χ1v) is 15.7. The van der Waals surface area contributed by atoms with E-state index in [4.69, 9.17) is 19.9 Å². The molecule has 2 aliphatic carbocycles. The molecule has 3 N–H and O–H groups in total. The van der Waals surface area contributed by atoms with Crippen molar-refractivity contribution in [1.82, 2.24) is 15.1 Å². The molecule has 4 rings (SSSR count). The Kier molecular flexibility index (Phi) is 11.7. The van der Waals surface area contributed by atoms with Gasteiger partial charge in [-0.3, -0.25) is 9.59 Å². The minimum Gasteiger partial charge on any atom is -0.493 e. The Balaban J connectivity index is 1.40. The van der Waals surface area contributed by atoms with Gasteiger partial charge < -0.3 is 35.1 Å². The second-order valence-electron chi connectivity index (χ2n) is 12.6. The zero-order valence-corrected chi connectivity index (χ0v) is 25.6. The molecule has 2 amide bonds. The van der Waals surface area contributed by atoms with Gasteiger partial charge >= 0.3 is 0 Å². The number of nitrogens with one attached hydrogen (secondary N) is 1. The molecule has 0 spiro atoms. The number of methoxy groups -OCH3 is 2. The minimum absolute atomic E-state index is 0.0133. The minimum atomic E-state index is -0.0133. The van der Waals surface area contributed by atoms with Gasteiger partial charge in [-0.2, -0.15) is 0 Å². The van der Waals surface area contributed by atoms with E-state index in [9.17, 15) is 9.59 Å². The van der Waals surface area contributed by atoms with Gasteiger partial charge in [-0.15, -0.1) is 0 Å². The summed E-state index contributed by atoms with van der Waals surface area (Å²) in [6.07, 6.45) is 7.81. The highest BCUT2D eigenvalue weighted by molar-refractivity contribution is 5.95. The maximum atomic E-state index is 13.8. The van der Waals surface area contributed by atoms with Crippen molar-refractivity contribution in [2.24, 2.45) is 23.5 Å². The third kappa shape index (κ3) is 8.82. The van der Waals surface area contributed by atoms with E-state index in [2.05, 4.69) is 24.1 Å². The first kappa shape index (κ1) is 31.6. The van der Waals surface area contributed by atoms with Crippen LogP contribution in [0, 0.1) is 17.8 Å². The molecular formula is C32H52N4O5. The predicted molar refractivity (Wildman–Crippen MR) is 160 cm³/mol. The van der Waals surface area contributed by atoms with Gasteiger partial charge in [0.1, 0.15) is 0 Å². The molecule has 9 heteroatoms. The second-order valence-corrected chi connectivity index (χ2v) is 12.6. The van der Waals surface area contributed by atoms with E-state index in [0.29, 0.717) is 73.1 Å².